The van der Waals surface area contributed by atoms with E-state index in [1.165, 1.54) is 13.2 Å². The Bertz CT molecular complexity index is 1700. The number of ether oxygens (including phenoxy) is 3. The number of rotatable bonds is 5. The van der Waals surface area contributed by atoms with Crippen LogP contribution in [0.4, 0.5) is 20.2 Å². The van der Waals surface area contributed by atoms with Crippen molar-refractivity contribution in [3.05, 3.63) is 45.2 Å². The number of anilines is 2. The van der Waals surface area contributed by atoms with Gasteiger partial charge in [0.05, 0.1) is 53.7 Å². The summed E-state index contributed by atoms with van der Waals surface area (Å²) in [6.07, 6.45) is 0.915. The zero-order chi connectivity index (χ0) is 31.0. The molecule has 4 heterocycles. The second-order valence-corrected chi connectivity index (χ2v) is 10.8. The maximum absolute atomic E-state index is 14.9. The topological polar surface area (TPSA) is 140 Å². The number of carbonyl (C=O) groups is 2. The van der Waals surface area contributed by atoms with Crippen molar-refractivity contribution in [3.63, 3.8) is 0 Å². The first-order valence-electron chi connectivity index (χ1n) is 13.8. The molecule has 0 unspecified atom stereocenters. The quantitative estimate of drug-likeness (QED) is 0.330. The van der Waals surface area contributed by atoms with Gasteiger partial charge in [-0.3, -0.25) is 14.4 Å². The third-order valence-electron chi connectivity index (χ3n) is 7.31. The van der Waals surface area contributed by atoms with Gasteiger partial charge in [-0.1, -0.05) is 0 Å². The SMILES string of the molecule is COc1noc2c(F)c(N3C[C@@H](C)O[C@@H](C)C3)c(C=O)cc12.C[C@@H]1CN(c2c(C=O)cc3c(=O)[nH]oc3c2F)C[C@H](C)O1. The summed E-state index contributed by atoms with van der Waals surface area (Å²) in [5.41, 5.74) is 0.0328. The summed E-state index contributed by atoms with van der Waals surface area (Å²) in [4.78, 5) is 37.8. The molecule has 230 valence electrons. The molecular formula is C29H32F2N4O8. The molecule has 1 N–H and O–H groups in total. The number of methoxy groups -OCH3 is 1. The highest BCUT2D eigenvalue weighted by Gasteiger charge is 2.30. The number of halogens is 2. The Labute approximate surface area is 244 Å². The van der Waals surface area contributed by atoms with Crippen molar-refractivity contribution in [1.29, 1.82) is 0 Å². The van der Waals surface area contributed by atoms with Crippen molar-refractivity contribution in [2.75, 3.05) is 43.1 Å². The normalized spacial score (nSPS) is 22.4. The molecule has 0 bridgehead atoms. The number of carbonyl (C=O) groups excluding carboxylic acids is 2. The van der Waals surface area contributed by atoms with Crippen molar-refractivity contribution in [2.24, 2.45) is 0 Å². The molecule has 2 aliphatic heterocycles. The molecule has 14 heteroatoms. The maximum atomic E-state index is 14.9. The Kier molecular flexibility index (Phi) is 8.51. The van der Waals surface area contributed by atoms with E-state index in [4.69, 9.17) is 23.3 Å². The highest BCUT2D eigenvalue weighted by atomic mass is 19.1. The molecule has 12 nitrogen and oxygen atoms in total. The van der Waals surface area contributed by atoms with Crippen molar-refractivity contribution in [1.82, 2.24) is 10.3 Å². The van der Waals surface area contributed by atoms with Crippen LogP contribution in [0.15, 0.2) is 26.0 Å². The van der Waals surface area contributed by atoms with Gasteiger partial charge in [0.1, 0.15) is 0 Å². The molecule has 2 aromatic carbocycles. The first-order chi connectivity index (χ1) is 20.6. The van der Waals surface area contributed by atoms with E-state index in [2.05, 4.69) is 10.3 Å². The molecule has 0 aliphatic carbocycles. The summed E-state index contributed by atoms with van der Waals surface area (Å²) < 4.78 is 55.7. The number of nitrogens with zero attached hydrogens (tertiary/aromatic N) is 3. The number of nitrogens with one attached hydrogen (secondary N) is 1. The van der Waals surface area contributed by atoms with Gasteiger partial charge >= 0.3 is 0 Å². The van der Waals surface area contributed by atoms with Gasteiger partial charge < -0.3 is 33.1 Å². The Hall–Kier alpha value is -4.30. The van der Waals surface area contributed by atoms with Gasteiger partial charge in [-0.25, -0.2) is 8.78 Å². The average Bonchev–Trinajstić information content (AvgIpc) is 3.55. The first-order valence-corrected chi connectivity index (χ1v) is 13.8. The van der Waals surface area contributed by atoms with E-state index in [-0.39, 0.29) is 69.3 Å². The highest BCUT2D eigenvalue weighted by molar-refractivity contribution is 5.96. The zero-order valence-electron chi connectivity index (χ0n) is 24.3. The number of benzene rings is 2. The fourth-order valence-electron chi connectivity index (χ4n) is 5.78. The van der Waals surface area contributed by atoms with E-state index < -0.39 is 17.2 Å². The fourth-order valence-corrected chi connectivity index (χ4v) is 5.78. The summed E-state index contributed by atoms with van der Waals surface area (Å²) >= 11 is 0. The first kappa shape index (κ1) is 30.2. The fraction of sp³-hybridized carbons (Fsp3) is 0.448. The number of morpholine rings is 2. The van der Waals surface area contributed by atoms with Gasteiger partial charge in [0, 0.05) is 37.3 Å². The number of H-pyrrole nitrogens is 1. The van der Waals surface area contributed by atoms with E-state index >= 15 is 0 Å². The molecule has 2 fully saturated rings. The summed E-state index contributed by atoms with van der Waals surface area (Å²) in [5, 5.41) is 6.14. The van der Waals surface area contributed by atoms with E-state index in [1.54, 1.807) is 11.0 Å². The molecule has 0 amide bonds. The van der Waals surface area contributed by atoms with Gasteiger partial charge in [0.25, 0.3) is 11.4 Å². The van der Waals surface area contributed by atoms with E-state index in [0.717, 1.165) is 0 Å². The number of aromatic amines is 1. The lowest BCUT2D eigenvalue weighted by Crippen LogP contribution is -2.46. The lowest BCUT2D eigenvalue weighted by atomic mass is 10.1. The molecule has 4 atom stereocenters. The van der Waals surface area contributed by atoms with Gasteiger partial charge in [-0.2, -0.15) is 5.16 Å². The highest BCUT2D eigenvalue weighted by Crippen LogP contribution is 2.36. The van der Waals surface area contributed by atoms with E-state index in [9.17, 15) is 23.2 Å². The number of aldehydes is 2. The van der Waals surface area contributed by atoms with Crippen molar-refractivity contribution < 1.29 is 41.6 Å². The van der Waals surface area contributed by atoms with Crippen LogP contribution in [-0.2, 0) is 9.47 Å². The van der Waals surface area contributed by atoms with E-state index in [0.29, 0.717) is 44.1 Å². The number of aromatic nitrogens is 2. The van der Waals surface area contributed by atoms with Crippen LogP contribution in [-0.4, -0.2) is 80.6 Å². The Balaban J connectivity index is 0.000000171. The third kappa shape index (κ3) is 5.71. The van der Waals surface area contributed by atoms with Crippen molar-refractivity contribution in [3.8, 4) is 5.88 Å². The molecule has 2 aliphatic rings. The van der Waals surface area contributed by atoms with Gasteiger partial charge in [-0.15, -0.1) is 0 Å². The largest absolute Gasteiger partial charge is 0.478 e. The molecule has 2 saturated heterocycles. The predicted octanol–water partition coefficient (Wildman–Crippen LogP) is 4.09. The predicted molar refractivity (Wildman–Crippen MR) is 153 cm³/mol. The van der Waals surface area contributed by atoms with Crippen molar-refractivity contribution in [2.45, 2.75) is 52.1 Å². The van der Waals surface area contributed by atoms with Gasteiger partial charge in [-0.05, 0) is 45.0 Å². The third-order valence-corrected chi connectivity index (χ3v) is 7.31. The van der Waals surface area contributed by atoms with E-state index in [1.807, 2.05) is 32.6 Å². The number of fused-ring (bicyclic) bond motifs is 2. The Morgan fingerprint density at radius 2 is 1.30 bits per heavy atom. The Morgan fingerprint density at radius 3 is 1.77 bits per heavy atom. The molecule has 4 aromatic rings. The van der Waals surface area contributed by atoms with Gasteiger partial charge in [0.2, 0.25) is 11.2 Å². The zero-order valence-corrected chi connectivity index (χ0v) is 24.3. The minimum Gasteiger partial charge on any atom is -0.478 e. The molecule has 2 aromatic heterocycles. The van der Waals surface area contributed by atoms with Crippen LogP contribution in [0.3, 0.4) is 0 Å². The van der Waals surface area contributed by atoms with Crippen LogP contribution < -0.4 is 20.1 Å². The summed E-state index contributed by atoms with van der Waals surface area (Å²) in [6.45, 7) is 9.52. The molecule has 0 saturated carbocycles. The summed E-state index contributed by atoms with van der Waals surface area (Å²) in [6, 6.07) is 2.90. The number of hydrogen-bond donors (Lipinski definition) is 1. The van der Waals surface area contributed by atoms with Crippen LogP contribution in [0.1, 0.15) is 48.4 Å². The van der Waals surface area contributed by atoms with Crippen LogP contribution in [0.5, 0.6) is 5.88 Å². The molecule has 6 rings (SSSR count). The lowest BCUT2D eigenvalue weighted by Gasteiger charge is -2.37. The van der Waals surface area contributed by atoms with Crippen LogP contribution in [0.25, 0.3) is 21.9 Å². The standard InChI is InChI=1S/C15H17FN2O4.C14H15FN2O4/c1-8-5-18(6-9(2)21-8)13-10(7-19)4-11-14(12(13)16)22-17-15(11)20-3;1-7-4-17(5-8(2)20-7)12-9(6-18)3-10-13(11(12)15)21-16-14(10)19/h4,7-9H,5-6H2,1-3H3;3,6-8H,4-5H2,1-2H3,(H,16,19)/t8-,9+;7-,8+. The number of hydrogen-bond acceptors (Lipinski definition) is 11. The second kappa shape index (κ2) is 12.1. The Morgan fingerprint density at radius 1 is 0.837 bits per heavy atom. The smallest absolute Gasteiger partial charge is 0.287 e. The summed E-state index contributed by atoms with van der Waals surface area (Å²) in [5.74, 6) is -1.14. The minimum atomic E-state index is -0.700. The molecular weight excluding hydrogens is 570 g/mol. The molecule has 0 radical (unpaired) electrons. The maximum Gasteiger partial charge on any atom is 0.287 e. The molecule has 0 spiro atoms. The van der Waals surface area contributed by atoms with Crippen LogP contribution in [0.2, 0.25) is 0 Å². The van der Waals surface area contributed by atoms with Crippen LogP contribution in [0, 0.1) is 11.6 Å². The second-order valence-electron chi connectivity index (χ2n) is 10.8. The molecule has 43 heavy (non-hydrogen) atoms. The lowest BCUT2D eigenvalue weighted by molar-refractivity contribution is -0.00569. The minimum absolute atomic E-state index is 0.00996. The average molecular weight is 603 g/mol. The van der Waals surface area contributed by atoms with Gasteiger partial charge in [0.15, 0.2) is 24.2 Å². The van der Waals surface area contributed by atoms with Crippen molar-refractivity contribution >= 4 is 45.9 Å². The summed E-state index contributed by atoms with van der Waals surface area (Å²) in [7, 11) is 1.41. The monoisotopic (exact) mass is 602 g/mol. The van der Waals surface area contributed by atoms with Crippen LogP contribution >= 0.6 is 0 Å².